The van der Waals surface area contributed by atoms with E-state index < -0.39 is 0 Å². The average molecular weight is 260 g/mol. The van der Waals surface area contributed by atoms with Crippen molar-refractivity contribution in [1.29, 1.82) is 0 Å². The van der Waals surface area contributed by atoms with Crippen LogP contribution in [0.25, 0.3) is 0 Å². The van der Waals surface area contributed by atoms with Crippen molar-refractivity contribution in [3.63, 3.8) is 0 Å². The van der Waals surface area contributed by atoms with Crippen LogP contribution < -0.4 is 5.73 Å². The van der Waals surface area contributed by atoms with Crippen molar-refractivity contribution in [3.05, 3.63) is 34.9 Å². The monoisotopic (exact) mass is 260 g/mol. The van der Waals surface area contributed by atoms with E-state index in [0.29, 0.717) is 19.6 Å². The number of benzene rings is 1. The topological polar surface area (TPSA) is 55.6 Å². The van der Waals surface area contributed by atoms with Crippen molar-refractivity contribution >= 4 is 6.09 Å². The molecule has 1 aromatic carbocycles. The average Bonchev–Trinajstić information content (AvgIpc) is 2.79. The summed E-state index contributed by atoms with van der Waals surface area (Å²) in [6.45, 7) is 1.63. The van der Waals surface area contributed by atoms with Crippen LogP contribution in [0, 0.1) is 0 Å². The molecule has 1 heterocycles. The van der Waals surface area contributed by atoms with Crippen LogP contribution >= 0.6 is 0 Å². The fraction of sp³-hybridized carbons (Fsp3) is 0.533. The van der Waals surface area contributed by atoms with Crippen LogP contribution in [0.4, 0.5) is 4.79 Å². The maximum atomic E-state index is 11.7. The second-order valence-electron chi connectivity index (χ2n) is 5.43. The summed E-state index contributed by atoms with van der Waals surface area (Å²) in [5.41, 5.74) is 9.65. The van der Waals surface area contributed by atoms with E-state index in [2.05, 4.69) is 18.2 Å². The number of fused-ring (bicyclic) bond motifs is 1. The van der Waals surface area contributed by atoms with Gasteiger partial charge in [0.15, 0.2) is 0 Å². The lowest BCUT2D eigenvalue weighted by molar-refractivity contribution is 0.134. The van der Waals surface area contributed by atoms with Crippen LogP contribution in [-0.2, 0) is 24.1 Å². The highest BCUT2D eigenvalue weighted by atomic mass is 16.6. The number of rotatable bonds is 3. The molecule has 1 unspecified atom stereocenters. The number of carbonyl (C=O) groups excluding carboxylic acids is 1. The van der Waals surface area contributed by atoms with Crippen molar-refractivity contribution in [1.82, 2.24) is 4.90 Å². The summed E-state index contributed by atoms with van der Waals surface area (Å²) in [5.74, 6) is 0. The minimum absolute atomic E-state index is 0.148. The van der Waals surface area contributed by atoms with E-state index in [-0.39, 0.29) is 12.2 Å². The number of hydrogen-bond acceptors (Lipinski definition) is 3. The van der Waals surface area contributed by atoms with Gasteiger partial charge in [-0.25, -0.2) is 4.79 Å². The van der Waals surface area contributed by atoms with Gasteiger partial charge >= 0.3 is 6.09 Å². The van der Waals surface area contributed by atoms with Gasteiger partial charge in [-0.3, -0.25) is 0 Å². The Hall–Kier alpha value is -1.55. The molecule has 4 heteroatoms. The van der Waals surface area contributed by atoms with Gasteiger partial charge in [0.2, 0.25) is 0 Å². The van der Waals surface area contributed by atoms with E-state index in [4.69, 9.17) is 10.5 Å². The lowest BCUT2D eigenvalue weighted by atomic mass is 9.90. The Morgan fingerprint density at radius 1 is 1.26 bits per heavy atom. The van der Waals surface area contributed by atoms with Crippen LogP contribution in [0.1, 0.15) is 29.5 Å². The lowest BCUT2D eigenvalue weighted by Crippen LogP contribution is -2.27. The number of nitrogens with two attached hydrogens (primary N) is 1. The molecule has 0 bridgehead atoms. The van der Waals surface area contributed by atoms with Gasteiger partial charge in [-0.15, -0.1) is 0 Å². The molecule has 2 aliphatic rings. The fourth-order valence-electron chi connectivity index (χ4n) is 2.93. The first-order chi connectivity index (χ1) is 9.26. The number of amides is 1. The van der Waals surface area contributed by atoms with Crippen LogP contribution in [0.15, 0.2) is 18.2 Å². The molecule has 102 valence electrons. The Kier molecular flexibility index (Phi) is 3.42. The quantitative estimate of drug-likeness (QED) is 0.902. The Labute approximate surface area is 113 Å². The zero-order valence-electron chi connectivity index (χ0n) is 11.1. The molecule has 1 saturated heterocycles. The number of hydrogen-bond donors (Lipinski definition) is 1. The molecule has 1 fully saturated rings. The van der Waals surface area contributed by atoms with Crippen LogP contribution in [0.2, 0.25) is 0 Å². The normalized spacial score (nSPS) is 22.3. The van der Waals surface area contributed by atoms with Crippen molar-refractivity contribution in [2.75, 3.05) is 13.1 Å². The molecule has 1 aliphatic carbocycles. The summed E-state index contributed by atoms with van der Waals surface area (Å²) in [6.07, 6.45) is 4.54. The summed E-state index contributed by atoms with van der Waals surface area (Å²) < 4.78 is 5.17. The standard InChI is InChI=1S/C15H20N2O2/c16-8-14-10-17(15(18)19-14)9-11-5-6-12-3-1-2-4-13(12)7-11/h5-7,14H,1-4,8-10,16H2. The minimum Gasteiger partial charge on any atom is -0.443 e. The molecule has 2 N–H and O–H groups in total. The van der Waals surface area contributed by atoms with Gasteiger partial charge < -0.3 is 15.4 Å². The summed E-state index contributed by atoms with van der Waals surface area (Å²) in [4.78, 5) is 13.4. The SMILES string of the molecule is NCC1CN(Cc2ccc3c(c2)CCCC3)C(=O)O1. The molecule has 0 spiro atoms. The van der Waals surface area contributed by atoms with Crippen molar-refractivity contribution < 1.29 is 9.53 Å². The zero-order valence-corrected chi connectivity index (χ0v) is 11.1. The first kappa shape index (κ1) is 12.5. The molecule has 19 heavy (non-hydrogen) atoms. The Bertz CT molecular complexity index is 487. The number of ether oxygens (including phenoxy) is 1. The van der Waals surface area contributed by atoms with Crippen LogP contribution in [0.3, 0.4) is 0 Å². The van der Waals surface area contributed by atoms with Gasteiger partial charge in [-0.2, -0.15) is 0 Å². The maximum absolute atomic E-state index is 11.7. The third kappa shape index (κ3) is 2.59. The molecule has 1 aromatic rings. The van der Waals surface area contributed by atoms with E-state index in [1.54, 1.807) is 4.90 Å². The predicted molar refractivity (Wildman–Crippen MR) is 72.8 cm³/mol. The molecule has 0 radical (unpaired) electrons. The lowest BCUT2D eigenvalue weighted by Gasteiger charge is -2.18. The third-order valence-electron chi connectivity index (χ3n) is 4.00. The molecular weight excluding hydrogens is 240 g/mol. The van der Waals surface area contributed by atoms with E-state index in [0.717, 1.165) is 0 Å². The van der Waals surface area contributed by atoms with Crippen molar-refractivity contribution in [2.45, 2.75) is 38.3 Å². The molecule has 0 aromatic heterocycles. The van der Waals surface area contributed by atoms with E-state index in [9.17, 15) is 4.79 Å². The number of carbonyl (C=O) groups is 1. The van der Waals surface area contributed by atoms with Crippen LogP contribution in [-0.4, -0.2) is 30.2 Å². The first-order valence-electron chi connectivity index (χ1n) is 7.02. The minimum atomic E-state index is -0.242. The van der Waals surface area contributed by atoms with Gasteiger partial charge in [0.05, 0.1) is 6.54 Å². The zero-order chi connectivity index (χ0) is 13.2. The van der Waals surface area contributed by atoms with Gasteiger partial charge in [-0.05, 0) is 42.4 Å². The molecule has 1 amide bonds. The van der Waals surface area contributed by atoms with Crippen molar-refractivity contribution in [2.24, 2.45) is 5.73 Å². The highest BCUT2D eigenvalue weighted by molar-refractivity contribution is 5.70. The largest absolute Gasteiger partial charge is 0.443 e. The molecule has 3 rings (SSSR count). The Morgan fingerprint density at radius 3 is 2.79 bits per heavy atom. The van der Waals surface area contributed by atoms with Gasteiger partial charge in [0.25, 0.3) is 0 Å². The van der Waals surface area contributed by atoms with Crippen molar-refractivity contribution in [3.8, 4) is 0 Å². The number of cyclic esters (lactones) is 1. The smallest absolute Gasteiger partial charge is 0.410 e. The molecule has 1 atom stereocenters. The van der Waals surface area contributed by atoms with E-state index in [1.807, 2.05) is 0 Å². The molecule has 4 nitrogen and oxygen atoms in total. The maximum Gasteiger partial charge on any atom is 0.410 e. The van der Waals surface area contributed by atoms with Gasteiger partial charge in [0.1, 0.15) is 6.10 Å². The van der Waals surface area contributed by atoms with Gasteiger partial charge in [-0.1, -0.05) is 18.2 Å². The summed E-state index contributed by atoms with van der Waals surface area (Å²) in [6, 6.07) is 6.59. The van der Waals surface area contributed by atoms with Crippen LogP contribution in [0.5, 0.6) is 0 Å². The second-order valence-corrected chi connectivity index (χ2v) is 5.43. The highest BCUT2D eigenvalue weighted by Crippen LogP contribution is 2.23. The predicted octanol–water partition coefficient (Wildman–Crippen LogP) is 1.84. The molecule has 0 saturated carbocycles. The van der Waals surface area contributed by atoms with Gasteiger partial charge in [0, 0.05) is 13.1 Å². The second kappa shape index (κ2) is 5.21. The fourth-order valence-corrected chi connectivity index (χ4v) is 2.93. The highest BCUT2D eigenvalue weighted by Gasteiger charge is 2.30. The summed E-state index contributed by atoms with van der Waals surface area (Å²) in [5, 5.41) is 0. The third-order valence-corrected chi connectivity index (χ3v) is 4.00. The first-order valence-corrected chi connectivity index (χ1v) is 7.02. The Balaban J connectivity index is 1.71. The summed E-state index contributed by atoms with van der Waals surface area (Å²) >= 11 is 0. The number of aryl methyl sites for hydroxylation is 2. The van der Waals surface area contributed by atoms with E-state index >= 15 is 0 Å². The molecular formula is C15H20N2O2. The Morgan fingerprint density at radius 2 is 2.05 bits per heavy atom. The summed E-state index contributed by atoms with van der Waals surface area (Å²) in [7, 11) is 0. The molecule has 1 aliphatic heterocycles. The number of nitrogens with zero attached hydrogens (tertiary/aromatic N) is 1. The van der Waals surface area contributed by atoms with E-state index in [1.165, 1.54) is 42.4 Å².